The monoisotopic (exact) mass is 338 g/mol. The highest BCUT2D eigenvalue weighted by Crippen LogP contribution is 2.35. The van der Waals surface area contributed by atoms with Crippen molar-refractivity contribution in [2.75, 3.05) is 6.54 Å². The van der Waals surface area contributed by atoms with Gasteiger partial charge >= 0.3 is 0 Å². The Balaban J connectivity index is 1.70. The smallest absolute Gasteiger partial charge is 0.256 e. The van der Waals surface area contributed by atoms with Crippen molar-refractivity contribution in [1.82, 2.24) is 19.7 Å². The second-order valence-corrected chi connectivity index (χ2v) is 6.96. The van der Waals surface area contributed by atoms with Crippen LogP contribution in [-0.4, -0.2) is 32.1 Å². The van der Waals surface area contributed by atoms with Crippen molar-refractivity contribution in [2.45, 2.75) is 32.7 Å². The highest BCUT2D eigenvalue weighted by Gasteiger charge is 2.33. The average Bonchev–Trinajstić information content (AvgIpc) is 3.23. The standard InChI is InChI=1S/C19H22N4O2/c1-12-6-7-23(16(9-12)17-5-4-8-25-17)19(24)14-10-15-13(2)21-22(3)18(15)20-11-14/h4-5,8,10-12,16H,6-7,9H2,1-3H3/t12-,16+/m1/s1. The first-order valence-electron chi connectivity index (χ1n) is 8.68. The molecule has 6 heteroatoms. The molecule has 0 radical (unpaired) electrons. The van der Waals surface area contributed by atoms with Crippen molar-refractivity contribution in [3.63, 3.8) is 0 Å². The summed E-state index contributed by atoms with van der Waals surface area (Å²) in [7, 11) is 1.86. The van der Waals surface area contributed by atoms with Crippen LogP contribution in [0.15, 0.2) is 35.1 Å². The van der Waals surface area contributed by atoms with Gasteiger partial charge in [0.05, 0.1) is 23.6 Å². The fourth-order valence-electron chi connectivity index (χ4n) is 3.73. The van der Waals surface area contributed by atoms with Crippen molar-refractivity contribution in [3.8, 4) is 0 Å². The van der Waals surface area contributed by atoms with Gasteiger partial charge in [0.2, 0.25) is 0 Å². The number of hydrogen-bond donors (Lipinski definition) is 0. The van der Waals surface area contributed by atoms with Gasteiger partial charge in [0.25, 0.3) is 5.91 Å². The Morgan fingerprint density at radius 1 is 1.40 bits per heavy atom. The van der Waals surface area contributed by atoms with Crippen molar-refractivity contribution < 1.29 is 9.21 Å². The number of carbonyl (C=O) groups is 1. The molecule has 1 aliphatic heterocycles. The molecule has 0 aliphatic carbocycles. The van der Waals surface area contributed by atoms with Crippen LogP contribution in [0.1, 0.15) is 47.6 Å². The number of nitrogens with zero attached hydrogens (tertiary/aromatic N) is 4. The number of furan rings is 1. The topological polar surface area (TPSA) is 64.2 Å². The van der Waals surface area contributed by atoms with E-state index in [4.69, 9.17) is 4.42 Å². The van der Waals surface area contributed by atoms with Gasteiger partial charge in [-0.15, -0.1) is 0 Å². The summed E-state index contributed by atoms with van der Waals surface area (Å²) in [6, 6.07) is 5.72. The second kappa shape index (κ2) is 6.02. The summed E-state index contributed by atoms with van der Waals surface area (Å²) in [6.45, 7) is 4.90. The summed E-state index contributed by atoms with van der Waals surface area (Å²) in [6.07, 6.45) is 5.25. The van der Waals surface area contributed by atoms with Gasteiger partial charge in [0.15, 0.2) is 5.65 Å². The van der Waals surface area contributed by atoms with Crippen LogP contribution in [0.4, 0.5) is 0 Å². The molecule has 1 aliphatic rings. The van der Waals surface area contributed by atoms with Crippen molar-refractivity contribution in [3.05, 3.63) is 47.7 Å². The van der Waals surface area contributed by atoms with E-state index < -0.39 is 0 Å². The molecule has 1 amide bonds. The quantitative estimate of drug-likeness (QED) is 0.717. The van der Waals surface area contributed by atoms with E-state index in [1.165, 1.54) is 0 Å². The number of amides is 1. The van der Waals surface area contributed by atoms with Crippen LogP contribution in [0.5, 0.6) is 0 Å². The number of pyridine rings is 1. The molecule has 1 fully saturated rings. The number of fused-ring (bicyclic) bond motifs is 1. The maximum Gasteiger partial charge on any atom is 0.256 e. The van der Waals surface area contributed by atoms with Gasteiger partial charge in [0.1, 0.15) is 5.76 Å². The molecule has 3 aromatic rings. The number of aryl methyl sites for hydroxylation is 2. The Bertz CT molecular complexity index is 913. The Morgan fingerprint density at radius 2 is 2.24 bits per heavy atom. The van der Waals surface area contributed by atoms with E-state index in [1.54, 1.807) is 17.1 Å². The van der Waals surface area contributed by atoms with Crippen LogP contribution in [0.2, 0.25) is 0 Å². The average molecular weight is 338 g/mol. The number of likely N-dealkylation sites (tertiary alicyclic amines) is 1. The SMILES string of the molecule is Cc1nn(C)c2ncc(C(=O)N3CC[C@@H](C)C[C@H]3c3ccco3)cc12. The van der Waals surface area contributed by atoms with Crippen molar-refractivity contribution in [2.24, 2.45) is 13.0 Å². The Hall–Kier alpha value is -2.63. The molecule has 6 nitrogen and oxygen atoms in total. The van der Waals surface area contributed by atoms with Gasteiger partial charge < -0.3 is 9.32 Å². The third kappa shape index (κ3) is 2.71. The molecule has 0 unspecified atom stereocenters. The van der Waals surface area contributed by atoms with Crippen molar-refractivity contribution in [1.29, 1.82) is 0 Å². The predicted molar refractivity (Wildman–Crippen MR) is 94.1 cm³/mol. The Kier molecular flexibility index (Phi) is 3.82. The molecule has 0 N–H and O–H groups in total. The first kappa shape index (κ1) is 15.9. The van der Waals surface area contributed by atoms with E-state index in [0.717, 1.165) is 41.9 Å². The zero-order chi connectivity index (χ0) is 17.6. The molecule has 25 heavy (non-hydrogen) atoms. The third-order valence-electron chi connectivity index (χ3n) is 5.11. The van der Waals surface area contributed by atoms with E-state index in [0.29, 0.717) is 11.5 Å². The van der Waals surface area contributed by atoms with Gasteiger partial charge in [-0.1, -0.05) is 6.92 Å². The van der Waals surface area contributed by atoms with Gasteiger partial charge in [-0.05, 0) is 43.9 Å². The van der Waals surface area contributed by atoms with Gasteiger partial charge in [-0.25, -0.2) is 4.98 Å². The van der Waals surface area contributed by atoms with Crippen LogP contribution >= 0.6 is 0 Å². The van der Waals surface area contributed by atoms with E-state index in [2.05, 4.69) is 17.0 Å². The molecule has 4 heterocycles. The maximum atomic E-state index is 13.2. The molecule has 130 valence electrons. The van der Waals surface area contributed by atoms with Crippen LogP contribution in [0.3, 0.4) is 0 Å². The van der Waals surface area contributed by atoms with E-state index in [1.807, 2.05) is 37.1 Å². The lowest BCUT2D eigenvalue weighted by Gasteiger charge is -2.37. The van der Waals surface area contributed by atoms with Gasteiger partial charge in [-0.2, -0.15) is 5.10 Å². The molecular formula is C19H22N4O2. The number of carbonyl (C=O) groups excluding carboxylic acids is 1. The molecule has 0 saturated carbocycles. The maximum absolute atomic E-state index is 13.2. The molecule has 4 rings (SSSR count). The molecule has 2 atom stereocenters. The lowest BCUT2D eigenvalue weighted by molar-refractivity contribution is 0.0520. The fourth-order valence-corrected chi connectivity index (χ4v) is 3.73. The molecular weight excluding hydrogens is 316 g/mol. The van der Waals surface area contributed by atoms with E-state index >= 15 is 0 Å². The van der Waals surface area contributed by atoms with E-state index in [-0.39, 0.29) is 11.9 Å². The molecule has 0 aromatic carbocycles. The molecule has 0 bridgehead atoms. The van der Waals surface area contributed by atoms with Crippen LogP contribution in [-0.2, 0) is 7.05 Å². The van der Waals surface area contributed by atoms with E-state index in [9.17, 15) is 4.79 Å². The highest BCUT2D eigenvalue weighted by atomic mass is 16.3. The molecule has 3 aromatic heterocycles. The summed E-state index contributed by atoms with van der Waals surface area (Å²) in [5.74, 6) is 1.43. The minimum absolute atomic E-state index is 0.00551. The fraction of sp³-hybridized carbons (Fsp3) is 0.421. The highest BCUT2D eigenvalue weighted by molar-refractivity contribution is 5.97. The number of hydrogen-bond acceptors (Lipinski definition) is 4. The minimum Gasteiger partial charge on any atom is -0.467 e. The normalized spacial score (nSPS) is 21.0. The zero-order valence-corrected chi connectivity index (χ0v) is 14.8. The zero-order valence-electron chi connectivity index (χ0n) is 14.8. The predicted octanol–water partition coefficient (Wildman–Crippen LogP) is 3.48. The summed E-state index contributed by atoms with van der Waals surface area (Å²) in [4.78, 5) is 19.6. The van der Waals surface area contributed by atoms with Crippen molar-refractivity contribution >= 4 is 16.9 Å². The summed E-state index contributed by atoms with van der Waals surface area (Å²) >= 11 is 0. The van der Waals surface area contributed by atoms with Gasteiger partial charge in [-0.3, -0.25) is 9.48 Å². The molecule has 0 spiro atoms. The summed E-state index contributed by atoms with van der Waals surface area (Å²) in [5.41, 5.74) is 2.29. The first-order chi connectivity index (χ1) is 12.0. The lowest BCUT2D eigenvalue weighted by atomic mass is 9.90. The molecule has 1 saturated heterocycles. The summed E-state index contributed by atoms with van der Waals surface area (Å²) < 4.78 is 7.35. The number of piperidine rings is 1. The van der Waals surface area contributed by atoms with Crippen LogP contribution in [0, 0.1) is 12.8 Å². The largest absolute Gasteiger partial charge is 0.467 e. The Labute approximate surface area is 146 Å². The number of rotatable bonds is 2. The second-order valence-electron chi connectivity index (χ2n) is 6.96. The minimum atomic E-state index is -0.0167. The first-order valence-corrected chi connectivity index (χ1v) is 8.68. The Morgan fingerprint density at radius 3 is 3.00 bits per heavy atom. The summed E-state index contributed by atoms with van der Waals surface area (Å²) in [5, 5.41) is 5.31. The van der Waals surface area contributed by atoms with Crippen LogP contribution < -0.4 is 0 Å². The number of aromatic nitrogens is 3. The third-order valence-corrected chi connectivity index (χ3v) is 5.11. The van der Waals surface area contributed by atoms with Gasteiger partial charge in [0, 0.05) is 25.2 Å². The van der Waals surface area contributed by atoms with Crippen LogP contribution in [0.25, 0.3) is 11.0 Å². The lowest BCUT2D eigenvalue weighted by Crippen LogP contribution is -2.40.